The number of carbonyl (C=O) groups excluding carboxylic acids is 1. The highest BCUT2D eigenvalue weighted by molar-refractivity contribution is 6.33. The number of halogens is 1. The van der Waals surface area contributed by atoms with Crippen LogP contribution in [0.1, 0.15) is 6.92 Å². The summed E-state index contributed by atoms with van der Waals surface area (Å²) in [5.74, 6) is -0.436. The number of nitrogens with zero attached hydrogens (tertiary/aromatic N) is 3. The molecule has 0 saturated heterocycles. The molecule has 0 aliphatic heterocycles. The van der Waals surface area contributed by atoms with E-state index in [1.54, 1.807) is 25.1 Å². The topological polar surface area (TPSA) is 85.8 Å². The first kappa shape index (κ1) is 13.5. The smallest absolute Gasteiger partial charge is 0.228 e. The third-order valence-electron chi connectivity index (χ3n) is 2.69. The van der Waals surface area contributed by atoms with E-state index >= 15 is 0 Å². The van der Waals surface area contributed by atoms with Crippen molar-refractivity contribution in [1.29, 1.82) is 0 Å². The molecular formula is C12H14ClN5O. The van der Waals surface area contributed by atoms with Gasteiger partial charge in [0.2, 0.25) is 5.91 Å². The van der Waals surface area contributed by atoms with Crippen molar-refractivity contribution >= 4 is 23.2 Å². The molecule has 2 rings (SSSR count). The number of carbonyl (C=O) groups is 1. The van der Waals surface area contributed by atoms with Crippen LogP contribution in [0, 0.1) is 5.92 Å². The molecule has 1 amide bonds. The van der Waals surface area contributed by atoms with E-state index in [1.807, 2.05) is 0 Å². The summed E-state index contributed by atoms with van der Waals surface area (Å²) in [5.41, 5.74) is 6.63. The van der Waals surface area contributed by atoms with Crippen LogP contribution in [0.5, 0.6) is 0 Å². The van der Waals surface area contributed by atoms with Crippen LogP contribution in [0.4, 0.5) is 5.69 Å². The summed E-state index contributed by atoms with van der Waals surface area (Å²) in [6, 6.07) is 5.23. The fourth-order valence-electron chi connectivity index (χ4n) is 1.54. The van der Waals surface area contributed by atoms with Gasteiger partial charge >= 0.3 is 0 Å². The van der Waals surface area contributed by atoms with Gasteiger partial charge in [-0.15, -0.1) is 0 Å². The molecule has 1 aromatic heterocycles. The van der Waals surface area contributed by atoms with E-state index in [0.717, 1.165) is 0 Å². The number of aromatic nitrogens is 3. The molecule has 3 N–H and O–H groups in total. The Kier molecular flexibility index (Phi) is 4.13. The zero-order valence-corrected chi connectivity index (χ0v) is 11.1. The highest BCUT2D eigenvalue weighted by Gasteiger charge is 2.15. The molecular weight excluding hydrogens is 266 g/mol. The molecule has 7 heteroatoms. The van der Waals surface area contributed by atoms with E-state index in [-0.39, 0.29) is 18.4 Å². The quantitative estimate of drug-likeness (QED) is 0.887. The average molecular weight is 280 g/mol. The summed E-state index contributed by atoms with van der Waals surface area (Å²) < 4.78 is 1.51. The average Bonchev–Trinajstić information content (AvgIpc) is 2.91. The fraction of sp³-hybridized carbons (Fsp3) is 0.250. The number of nitrogens with two attached hydrogens (primary N) is 1. The minimum Gasteiger partial charge on any atom is -0.330 e. The number of nitrogens with one attached hydrogen (secondary N) is 1. The maximum absolute atomic E-state index is 11.9. The Morgan fingerprint density at radius 3 is 3.00 bits per heavy atom. The molecule has 1 unspecified atom stereocenters. The van der Waals surface area contributed by atoms with E-state index < -0.39 is 0 Å². The van der Waals surface area contributed by atoms with Gasteiger partial charge in [-0.1, -0.05) is 24.6 Å². The maximum atomic E-state index is 11.9. The Bertz CT molecular complexity index is 570. The minimum absolute atomic E-state index is 0.161. The number of hydrogen-bond donors (Lipinski definition) is 2. The van der Waals surface area contributed by atoms with Gasteiger partial charge in [0.25, 0.3) is 0 Å². The molecule has 0 aliphatic carbocycles. The monoisotopic (exact) mass is 279 g/mol. The van der Waals surface area contributed by atoms with Gasteiger partial charge in [0.1, 0.15) is 18.3 Å². The molecule has 19 heavy (non-hydrogen) atoms. The normalized spacial score (nSPS) is 12.2. The lowest BCUT2D eigenvalue weighted by Gasteiger charge is -2.14. The molecule has 1 heterocycles. The van der Waals surface area contributed by atoms with Crippen molar-refractivity contribution in [2.24, 2.45) is 11.7 Å². The van der Waals surface area contributed by atoms with E-state index in [0.29, 0.717) is 16.4 Å². The van der Waals surface area contributed by atoms with Gasteiger partial charge in [0.15, 0.2) is 0 Å². The van der Waals surface area contributed by atoms with Crippen molar-refractivity contribution in [2.45, 2.75) is 6.92 Å². The number of hydrogen-bond acceptors (Lipinski definition) is 4. The van der Waals surface area contributed by atoms with Gasteiger partial charge in [-0.25, -0.2) is 9.67 Å². The molecule has 0 fully saturated rings. The second kappa shape index (κ2) is 5.81. The predicted octanol–water partition coefficient (Wildman–Crippen LogP) is 1.45. The Morgan fingerprint density at radius 2 is 2.37 bits per heavy atom. The van der Waals surface area contributed by atoms with Gasteiger partial charge in [-0.2, -0.15) is 5.10 Å². The Morgan fingerprint density at radius 1 is 1.58 bits per heavy atom. The first-order chi connectivity index (χ1) is 9.13. The summed E-state index contributed by atoms with van der Waals surface area (Å²) in [7, 11) is 0. The predicted molar refractivity (Wildman–Crippen MR) is 73.2 cm³/mol. The van der Waals surface area contributed by atoms with Gasteiger partial charge in [-0.05, 0) is 12.1 Å². The lowest BCUT2D eigenvalue weighted by Crippen LogP contribution is -2.27. The molecule has 0 radical (unpaired) electrons. The maximum Gasteiger partial charge on any atom is 0.228 e. The van der Waals surface area contributed by atoms with Crippen LogP contribution < -0.4 is 11.1 Å². The lowest BCUT2D eigenvalue weighted by molar-refractivity contribution is -0.119. The second-order valence-electron chi connectivity index (χ2n) is 4.10. The van der Waals surface area contributed by atoms with Crippen LogP contribution in [0.2, 0.25) is 5.02 Å². The summed E-state index contributed by atoms with van der Waals surface area (Å²) in [6.07, 6.45) is 2.92. The molecule has 0 saturated carbocycles. The van der Waals surface area contributed by atoms with Crippen LogP contribution in [0.3, 0.4) is 0 Å². The van der Waals surface area contributed by atoms with Crippen LogP contribution in [-0.2, 0) is 4.79 Å². The Hall–Kier alpha value is -1.92. The molecule has 100 valence electrons. The fourth-order valence-corrected chi connectivity index (χ4v) is 1.80. The molecule has 0 spiro atoms. The Balaban J connectivity index is 2.36. The first-order valence-corrected chi connectivity index (χ1v) is 6.15. The number of rotatable bonds is 4. The van der Waals surface area contributed by atoms with E-state index in [1.165, 1.54) is 17.3 Å². The van der Waals surface area contributed by atoms with Crippen molar-refractivity contribution in [1.82, 2.24) is 14.8 Å². The summed E-state index contributed by atoms with van der Waals surface area (Å²) >= 11 is 6.15. The van der Waals surface area contributed by atoms with Crippen molar-refractivity contribution in [3.63, 3.8) is 0 Å². The van der Waals surface area contributed by atoms with Crippen LogP contribution in [0.15, 0.2) is 30.9 Å². The molecule has 0 aliphatic rings. The van der Waals surface area contributed by atoms with Crippen molar-refractivity contribution < 1.29 is 4.79 Å². The summed E-state index contributed by atoms with van der Waals surface area (Å²) in [6.45, 7) is 2.04. The zero-order chi connectivity index (χ0) is 13.8. The number of anilines is 1. The first-order valence-electron chi connectivity index (χ1n) is 5.78. The summed E-state index contributed by atoms with van der Waals surface area (Å²) in [4.78, 5) is 15.8. The van der Waals surface area contributed by atoms with Crippen molar-refractivity contribution in [3.8, 4) is 5.69 Å². The van der Waals surface area contributed by atoms with Gasteiger partial charge in [-0.3, -0.25) is 4.79 Å². The standard InChI is InChI=1S/C12H14ClN5O/c1-8(5-14)12(19)17-10-4-2-3-9(13)11(10)18-7-15-6-16-18/h2-4,6-8H,5,14H2,1H3,(H,17,19). The minimum atomic E-state index is -0.275. The molecule has 2 aromatic rings. The third kappa shape index (κ3) is 2.91. The van der Waals surface area contributed by atoms with E-state index in [2.05, 4.69) is 15.4 Å². The summed E-state index contributed by atoms with van der Waals surface area (Å²) in [5, 5.41) is 7.30. The zero-order valence-electron chi connectivity index (χ0n) is 10.4. The Labute approximate surface area is 115 Å². The van der Waals surface area contributed by atoms with Crippen molar-refractivity contribution in [3.05, 3.63) is 35.9 Å². The van der Waals surface area contributed by atoms with Crippen LogP contribution in [0.25, 0.3) is 5.69 Å². The lowest BCUT2D eigenvalue weighted by atomic mass is 10.1. The molecule has 1 atom stereocenters. The number of benzene rings is 1. The third-order valence-corrected chi connectivity index (χ3v) is 3.00. The van der Waals surface area contributed by atoms with E-state index in [9.17, 15) is 4.79 Å². The SMILES string of the molecule is CC(CN)C(=O)Nc1cccc(Cl)c1-n1cncn1. The van der Waals surface area contributed by atoms with Crippen molar-refractivity contribution in [2.75, 3.05) is 11.9 Å². The van der Waals surface area contributed by atoms with Gasteiger partial charge in [0.05, 0.1) is 10.7 Å². The van der Waals surface area contributed by atoms with Gasteiger partial charge in [0, 0.05) is 12.5 Å². The largest absolute Gasteiger partial charge is 0.330 e. The van der Waals surface area contributed by atoms with Crippen LogP contribution in [-0.4, -0.2) is 27.2 Å². The highest BCUT2D eigenvalue weighted by atomic mass is 35.5. The number of para-hydroxylation sites is 1. The molecule has 6 nitrogen and oxygen atoms in total. The highest BCUT2D eigenvalue weighted by Crippen LogP contribution is 2.27. The molecule has 1 aromatic carbocycles. The van der Waals surface area contributed by atoms with Crippen LogP contribution >= 0.6 is 11.6 Å². The van der Waals surface area contributed by atoms with E-state index in [4.69, 9.17) is 17.3 Å². The second-order valence-corrected chi connectivity index (χ2v) is 4.51. The molecule has 0 bridgehead atoms. The van der Waals surface area contributed by atoms with Gasteiger partial charge < -0.3 is 11.1 Å². The number of amides is 1.